The van der Waals surface area contributed by atoms with Crippen LogP contribution in [-0.4, -0.2) is 42.6 Å². The van der Waals surface area contributed by atoms with Crippen LogP contribution in [-0.2, 0) is 14.4 Å². The smallest absolute Gasteiger partial charge is 0.341 e. The van der Waals surface area contributed by atoms with Gasteiger partial charge in [0, 0.05) is 0 Å². The van der Waals surface area contributed by atoms with Crippen molar-refractivity contribution >= 4 is 58.2 Å². The predicted octanol–water partition coefficient (Wildman–Crippen LogP) is 3.05. The number of amides is 4. The number of halogens is 1. The van der Waals surface area contributed by atoms with E-state index < -0.39 is 30.4 Å². The number of rotatable bonds is 6. The van der Waals surface area contributed by atoms with Gasteiger partial charge in [-0.3, -0.25) is 14.9 Å². The van der Waals surface area contributed by atoms with Crippen molar-refractivity contribution in [1.82, 2.24) is 5.32 Å². The Bertz CT molecular complexity index is 1170. The van der Waals surface area contributed by atoms with Crippen LogP contribution in [0.2, 0.25) is 0 Å². The molecule has 0 aliphatic carbocycles. The quantitative estimate of drug-likeness (QED) is 0.322. The number of nitrogens with zero attached hydrogens (tertiary/aromatic N) is 1. The molecule has 3 rings (SSSR count). The maximum atomic E-state index is 13.2. The summed E-state index contributed by atoms with van der Waals surface area (Å²) < 4.78 is 11.1. The first-order chi connectivity index (χ1) is 15.1. The molecule has 0 unspecified atom stereocenters. The number of carbonyl (C=O) groups excluding carboxylic acids is 3. The molecule has 1 aliphatic heterocycles. The number of hydrogen-bond acceptors (Lipinski definition) is 6. The Morgan fingerprint density at radius 1 is 1.22 bits per heavy atom. The Kier molecular flexibility index (Phi) is 6.82. The van der Waals surface area contributed by atoms with Crippen molar-refractivity contribution in [1.29, 1.82) is 0 Å². The van der Waals surface area contributed by atoms with Crippen molar-refractivity contribution in [3.8, 4) is 11.5 Å². The number of ether oxygens (including phenoxy) is 2. The highest BCUT2D eigenvalue weighted by Crippen LogP contribution is 2.35. The molecule has 9 nitrogen and oxygen atoms in total. The molecule has 2 aromatic carbocycles. The number of imide groups is 2. The first kappa shape index (κ1) is 23.3. The van der Waals surface area contributed by atoms with Crippen LogP contribution in [0.25, 0.3) is 6.08 Å². The molecule has 0 radical (unpaired) electrons. The highest BCUT2D eigenvalue weighted by molar-refractivity contribution is 14.1. The largest absolute Gasteiger partial charge is 0.493 e. The van der Waals surface area contributed by atoms with Gasteiger partial charge in [-0.05, 0) is 77.4 Å². The summed E-state index contributed by atoms with van der Waals surface area (Å²) in [5.41, 5.74) is 2.21. The minimum atomic E-state index is -1.14. The van der Waals surface area contributed by atoms with Crippen molar-refractivity contribution in [2.24, 2.45) is 0 Å². The van der Waals surface area contributed by atoms with Gasteiger partial charge in [0.2, 0.25) is 0 Å². The van der Waals surface area contributed by atoms with Crippen molar-refractivity contribution in [2.75, 3.05) is 18.6 Å². The van der Waals surface area contributed by atoms with E-state index in [0.717, 1.165) is 16.0 Å². The number of barbiturate groups is 1. The summed E-state index contributed by atoms with van der Waals surface area (Å²) in [6.07, 6.45) is 1.34. The molecule has 166 valence electrons. The lowest BCUT2D eigenvalue weighted by Crippen LogP contribution is -2.54. The third kappa shape index (κ3) is 4.59. The SMILES string of the molecule is COc1cc(/C=C2\C(=O)NC(=O)N(c3cccc(C)c3C)C2=O)cc(I)c1OCC(=O)O. The van der Waals surface area contributed by atoms with E-state index in [4.69, 9.17) is 14.6 Å². The van der Waals surface area contributed by atoms with Crippen molar-refractivity contribution < 1.29 is 33.8 Å². The lowest BCUT2D eigenvalue weighted by Gasteiger charge is -2.28. The van der Waals surface area contributed by atoms with E-state index in [9.17, 15) is 19.2 Å². The Morgan fingerprint density at radius 3 is 2.59 bits per heavy atom. The fourth-order valence-corrected chi connectivity index (χ4v) is 3.90. The fourth-order valence-electron chi connectivity index (χ4n) is 3.12. The molecule has 2 N–H and O–H groups in total. The zero-order valence-corrected chi connectivity index (χ0v) is 19.6. The number of carboxylic acids is 1. The zero-order valence-electron chi connectivity index (χ0n) is 17.4. The Balaban J connectivity index is 2.03. The third-order valence-corrected chi connectivity index (χ3v) is 5.62. The van der Waals surface area contributed by atoms with Gasteiger partial charge in [0.25, 0.3) is 11.8 Å². The lowest BCUT2D eigenvalue weighted by atomic mass is 10.0. The van der Waals surface area contributed by atoms with Gasteiger partial charge >= 0.3 is 12.0 Å². The summed E-state index contributed by atoms with van der Waals surface area (Å²) in [5, 5.41) is 11.0. The van der Waals surface area contributed by atoms with Gasteiger partial charge < -0.3 is 14.6 Å². The molecule has 32 heavy (non-hydrogen) atoms. The number of methoxy groups -OCH3 is 1. The lowest BCUT2D eigenvalue weighted by molar-refractivity contribution is -0.139. The summed E-state index contributed by atoms with van der Waals surface area (Å²) in [7, 11) is 1.38. The number of urea groups is 1. The van der Waals surface area contributed by atoms with Crippen LogP contribution in [0.3, 0.4) is 0 Å². The third-order valence-electron chi connectivity index (χ3n) is 4.82. The average Bonchev–Trinajstić information content (AvgIpc) is 2.72. The number of aliphatic carboxylic acids is 1. The summed E-state index contributed by atoms with van der Waals surface area (Å²) in [6.45, 7) is 3.09. The molecule has 4 amide bonds. The molecule has 10 heteroatoms. The maximum Gasteiger partial charge on any atom is 0.341 e. The number of hydrogen-bond donors (Lipinski definition) is 2. The van der Waals surface area contributed by atoms with E-state index in [1.165, 1.54) is 19.3 Å². The second-order valence-corrected chi connectivity index (χ2v) is 8.06. The van der Waals surface area contributed by atoms with Gasteiger partial charge in [0.15, 0.2) is 18.1 Å². The number of anilines is 1. The highest BCUT2D eigenvalue weighted by atomic mass is 127. The zero-order chi connectivity index (χ0) is 23.6. The van der Waals surface area contributed by atoms with E-state index >= 15 is 0 Å². The molecule has 0 bridgehead atoms. The Hall–Kier alpha value is -3.41. The van der Waals surface area contributed by atoms with Crippen LogP contribution in [0.5, 0.6) is 11.5 Å². The van der Waals surface area contributed by atoms with Crippen LogP contribution in [0.15, 0.2) is 35.9 Å². The minimum Gasteiger partial charge on any atom is -0.493 e. The normalized spacial score (nSPS) is 15.1. The fraction of sp³-hybridized carbons (Fsp3) is 0.182. The molecule has 0 spiro atoms. The number of nitrogens with one attached hydrogen (secondary N) is 1. The molecule has 1 saturated heterocycles. The number of carbonyl (C=O) groups is 4. The second kappa shape index (κ2) is 9.39. The number of benzene rings is 2. The molecule has 1 fully saturated rings. The van der Waals surface area contributed by atoms with E-state index in [-0.39, 0.29) is 17.1 Å². The Labute approximate surface area is 197 Å². The van der Waals surface area contributed by atoms with Gasteiger partial charge in [-0.15, -0.1) is 0 Å². The molecular weight excluding hydrogens is 531 g/mol. The first-order valence-corrected chi connectivity index (χ1v) is 10.4. The maximum absolute atomic E-state index is 13.2. The van der Waals surface area contributed by atoms with Crippen LogP contribution >= 0.6 is 22.6 Å². The van der Waals surface area contributed by atoms with Crippen LogP contribution in [0.4, 0.5) is 10.5 Å². The molecule has 1 aliphatic rings. The summed E-state index contributed by atoms with van der Waals surface area (Å²) in [6, 6.07) is 7.50. The minimum absolute atomic E-state index is 0.226. The van der Waals surface area contributed by atoms with Crippen molar-refractivity contribution in [3.05, 3.63) is 56.2 Å². The summed E-state index contributed by atoms with van der Waals surface area (Å²) >= 11 is 1.93. The van der Waals surface area contributed by atoms with Crippen LogP contribution in [0.1, 0.15) is 16.7 Å². The number of carboxylic acid groups (broad SMARTS) is 1. The van der Waals surface area contributed by atoms with E-state index in [1.54, 1.807) is 25.1 Å². The molecule has 2 aromatic rings. The summed E-state index contributed by atoms with van der Waals surface area (Å²) in [4.78, 5) is 49.8. The molecule has 1 heterocycles. The number of aryl methyl sites for hydroxylation is 1. The van der Waals surface area contributed by atoms with Crippen LogP contribution in [0, 0.1) is 17.4 Å². The van der Waals surface area contributed by atoms with Crippen molar-refractivity contribution in [3.63, 3.8) is 0 Å². The predicted molar refractivity (Wildman–Crippen MR) is 124 cm³/mol. The molecule has 0 saturated carbocycles. The molecule has 0 atom stereocenters. The second-order valence-electron chi connectivity index (χ2n) is 6.89. The molecular formula is C22H19IN2O7. The topological polar surface area (TPSA) is 122 Å². The summed E-state index contributed by atoms with van der Waals surface area (Å²) in [5.74, 6) is -2.26. The van der Waals surface area contributed by atoms with Gasteiger partial charge in [-0.2, -0.15) is 0 Å². The van der Waals surface area contributed by atoms with Crippen molar-refractivity contribution in [2.45, 2.75) is 13.8 Å². The van der Waals surface area contributed by atoms with Gasteiger partial charge in [0.1, 0.15) is 5.57 Å². The standard InChI is InChI=1S/C22H19IN2O7/c1-11-5-4-6-16(12(11)2)25-21(29)14(20(28)24-22(25)30)7-13-8-15(23)19(17(9-13)31-3)32-10-18(26)27/h4-9H,10H2,1-3H3,(H,26,27)(H,24,28,30)/b14-7+. The van der Waals surface area contributed by atoms with Crippen LogP contribution < -0.4 is 19.7 Å². The highest BCUT2D eigenvalue weighted by Gasteiger charge is 2.37. The van der Waals surface area contributed by atoms with E-state index in [0.29, 0.717) is 14.8 Å². The molecule has 0 aromatic heterocycles. The first-order valence-electron chi connectivity index (χ1n) is 9.33. The Morgan fingerprint density at radius 2 is 1.94 bits per heavy atom. The monoisotopic (exact) mass is 550 g/mol. The van der Waals surface area contributed by atoms with Gasteiger partial charge in [0.05, 0.1) is 16.4 Å². The van der Waals surface area contributed by atoms with E-state index in [1.807, 2.05) is 35.6 Å². The van der Waals surface area contributed by atoms with Gasteiger partial charge in [-0.25, -0.2) is 14.5 Å². The van der Waals surface area contributed by atoms with Gasteiger partial charge in [-0.1, -0.05) is 12.1 Å². The van der Waals surface area contributed by atoms with E-state index in [2.05, 4.69) is 5.32 Å². The average molecular weight is 550 g/mol.